The molecule has 3 aliphatic rings. The van der Waals surface area contributed by atoms with Crippen LogP contribution in [-0.4, -0.2) is 75.6 Å². The lowest BCUT2D eigenvalue weighted by Crippen LogP contribution is -2.70. The summed E-state index contributed by atoms with van der Waals surface area (Å²) in [4.78, 5) is 22.7. The SMILES string of the molecule is C=CCO[C@@]12Oc3ccc(O)cc3[C@H]3[C@H](CCCCO)[C@@H](CCCCO)C=C(C(=NOC(C)(C)C)C[C@@H]1N(CCC)C(=O)c1ccc(C#N)cc1)[C@H]32. The summed E-state index contributed by atoms with van der Waals surface area (Å²) in [6, 6.07) is 13.3. The number of nitrogens with zero attached hydrogens (tertiary/aromatic N) is 3. The Bertz CT molecular complexity index is 1660. The second kappa shape index (κ2) is 17.1. The fraction of sp³-hybridized carbons (Fsp3) is 0.548. The second-order valence-corrected chi connectivity index (χ2v) is 15.2. The molecule has 10 heteroatoms. The van der Waals surface area contributed by atoms with Gasteiger partial charge in [-0.2, -0.15) is 5.26 Å². The van der Waals surface area contributed by atoms with Crippen molar-refractivity contribution in [1.82, 2.24) is 4.90 Å². The average molecular weight is 714 g/mol. The molecular weight excluding hydrogens is 658 g/mol. The van der Waals surface area contributed by atoms with E-state index in [-0.39, 0.29) is 55.7 Å². The van der Waals surface area contributed by atoms with Crippen LogP contribution in [0.5, 0.6) is 11.5 Å². The summed E-state index contributed by atoms with van der Waals surface area (Å²) in [7, 11) is 0. The van der Waals surface area contributed by atoms with Crippen molar-refractivity contribution in [2.24, 2.45) is 22.9 Å². The number of unbranched alkanes of at least 4 members (excludes halogenated alkanes) is 2. The maximum atomic E-state index is 14.7. The van der Waals surface area contributed by atoms with E-state index in [2.05, 4.69) is 18.7 Å². The first-order valence-electron chi connectivity index (χ1n) is 18.8. The van der Waals surface area contributed by atoms with E-state index in [4.69, 9.17) is 19.5 Å². The minimum atomic E-state index is -1.38. The van der Waals surface area contributed by atoms with Gasteiger partial charge in [0.1, 0.15) is 23.1 Å². The number of aliphatic hydroxyl groups is 2. The molecule has 6 atom stereocenters. The number of hydrogen-bond acceptors (Lipinski definition) is 9. The summed E-state index contributed by atoms with van der Waals surface area (Å²) >= 11 is 0. The maximum absolute atomic E-state index is 14.7. The number of hydrogen-bond donors (Lipinski definition) is 3. The molecule has 3 N–H and O–H groups in total. The van der Waals surface area contributed by atoms with Gasteiger partial charge in [0.15, 0.2) is 0 Å². The molecule has 2 aliphatic carbocycles. The Hall–Kier alpha value is -4.17. The molecule has 1 heterocycles. The molecule has 280 valence electrons. The largest absolute Gasteiger partial charge is 0.508 e. The van der Waals surface area contributed by atoms with Crippen molar-refractivity contribution in [2.75, 3.05) is 26.4 Å². The van der Waals surface area contributed by atoms with Gasteiger partial charge in [-0.3, -0.25) is 4.79 Å². The summed E-state index contributed by atoms with van der Waals surface area (Å²) in [5.74, 6) is -1.39. The smallest absolute Gasteiger partial charge is 0.254 e. The van der Waals surface area contributed by atoms with Crippen LogP contribution in [0.3, 0.4) is 0 Å². The number of nitriles is 1. The van der Waals surface area contributed by atoms with E-state index in [0.717, 1.165) is 42.5 Å². The molecule has 1 amide bonds. The van der Waals surface area contributed by atoms with Crippen LogP contribution in [-0.2, 0) is 9.57 Å². The zero-order valence-corrected chi connectivity index (χ0v) is 31.1. The van der Waals surface area contributed by atoms with Gasteiger partial charge in [0.25, 0.3) is 5.91 Å². The molecule has 5 rings (SSSR count). The van der Waals surface area contributed by atoms with Gasteiger partial charge in [-0.15, -0.1) is 6.58 Å². The standard InChI is InChI=1S/C42H55N3O7/c1-6-20-45(40(49)29-16-14-28(27-43)15-17-29)37-26-35(44-52-41(3,4)5)33-24-30(12-8-10-21-46)32(13-9-11-22-47)38-34-25-31(48)18-19-36(34)51-42(37,39(33)38)50-23-7-2/h7,14-19,24-25,30,32,37-39,46-48H,2,6,8-13,20-23,26H2,1,3-5H3/t30-,32+,37-,38+,39+,42+/m0/s1. The zero-order valence-electron chi connectivity index (χ0n) is 31.1. The highest BCUT2D eigenvalue weighted by Crippen LogP contribution is 2.62. The molecule has 2 aromatic rings. The van der Waals surface area contributed by atoms with Gasteiger partial charge in [-0.25, -0.2) is 0 Å². The molecule has 1 fully saturated rings. The number of aromatic hydroxyl groups is 1. The highest BCUT2D eigenvalue weighted by atomic mass is 16.7. The van der Waals surface area contributed by atoms with Crippen LogP contribution in [0.2, 0.25) is 0 Å². The fourth-order valence-electron chi connectivity index (χ4n) is 8.34. The molecule has 0 saturated heterocycles. The van der Waals surface area contributed by atoms with E-state index in [0.29, 0.717) is 42.7 Å². The lowest BCUT2D eigenvalue weighted by atomic mass is 9.55. The first-order chi connectivity index (χ1) is 25.0. The monoisotopic (exact) mass is 713 g/mol. The van der Waals surface area contributed by atoms with Crippen molar-refractivity contribution in [1.29, 1.82) is 5.26 Å². The number of phenolic OH excluding ortho intramolecular Hbond substituents is 1. The van der Waals surface area contributed by atoms with Crippen molar-refractivity contribution in [3.8, 4) is 17.6 Å². The number of fused-ring (bicyclic) bond motifs is 2. The van der Waals surface area contributed by atoms with Gasteiger partial charge in [-0.05, 0) is 113 Å². The molecule has 1 saturated carbocycles. The van der Waals surface area contributed by atoms with Crippen molar-refractivity contribution < 1.29 is 34.4 Å². The number of aliphatic hydroxyl groups excluding tert-OH is 2. The predicted molar refractivity (Wildman–Crippen MR) is 200 cm³/mol. The summed E-state index contributed by atoms with van der Waals surface area (Å²) in [5.41, 5.74) is 2.86. The normalized spacial score (nSPS) is 25.6. The molecule has 52 heavy (non-hydrogen) atoms. The minimum absolute atomic E-state index is 0.0625. The molecular formula is C42H55N3O7. The van der Waals surface area contributed by atoms with Gasteiger partial charge in [0, 0.05) is 43.2 Å². The lowest BCUT2D eigenvalue weighted by molar-refractivity contribution is -0.254. The zero-order chi connectivity index (χ0) is 37.5. The number of rotatable bonds is 16. The molecule has 0 aromatic heterocycles. The summed E-state index contributed by atoms with van der Waals surface area (Å²) in [6.07, 6.45) is 9.57. The number of carbonyl (C=O) groups is 1. The Morgan fingerprint density at radius 3 is 2.46 bits per heavy atom. The van der Waals surface area contributed by atoms with Crippen LogP contribution >= 0.6 is 0 Å². The predicted octanol–water partition coefficient (Wildman–Crippen LogP) is 7.25. The van der Waals surface area contributed by atoms with Gasteiger partial charge >= 0.3 is 0 Å². The summed E-state index contributed by atoms with van der Waals surface area (Å²) < 4.78 is 14.1. The number of phenols is 1. The number of amides is 1. The number of allylic oxidation sites excluding steroid dienone is 1. The maximum Gasteiger partial charge on any atom is 0.254 e. The first kappa shape index (κ1) is 39.0. The Balaban J connectivity index is 1.79. The van der Waals surface area contributed by atoms with Gasteiger partial charge in [0.05, 0.1) is 29.9 Å². The number of benzene rings is 2. The van der Waals surface area contributed by atoms with Crippen molar-refractivity contribution in [3.05, 3.63) is 83.5 Å². The Morgan fingerprint density at radius 1 is 1.12 bits per heavy atom. The molecule has 0 spiro atoms. The second-order valence-electron chi connectivity index (χ2n) is 15.2. The Kier molecular flexibility index (Phi) is 12.8. The minimum Gasteiger partial charge on any atom is -0.508 e. The summed E-state index contributed by atoms with van der Waals surface area (Å²) in [6.45, 7) is 12.6. The third-order valence-corrected chi connectivity index (χ3v) is 10.4. The van der Waals surface area contributed by atoms with E-state index < -0.39 is 23.3 Å². The van der Waals surface area contributed by atoms with E-state index in [1.165, 1.54) is 0 Å². The molecule has 10 nitrogen and oxygen atoms in total. The van der Waals surface area contributed by atoms with Crippen LogP contribution < -0.4 is 4.74 Å². The van der Waals surface area contributed by atoms with Crippen LogP contribution in [0.1, 0.15) is 106 Å². The van der Waals surface area contributed by atoms with Crippen molar-refractivity contribution >= 4 is 11.6 Å². The first-order valence-corrected chi connectivity index (χ1v) is 18.8. The molecule has 0 bridgehead atoms. The fourth-order valence-corrected chi connectivity index (χ4v) is 8.34. The molecule has 2 aromatic carbocycles. The topological polar surface area (TPSA) is 145 Å². The number of ether oxygens (including phenoxy) is 2. The Labute approximate surface area is 308 Å². The quantitative estimate of drug-likeness (QED) is 0.0938. The molecule has 0 radical (unpaired) electrons. The highest BCUT2D eigenvalue weighted by molar-refractivity contribution is 6.03. The van der Waals surface area contributed by atoms with E-state index in [1.54, 1.807) is 48.5 Å². The third-order valence-electron chi connectivity index (χ3n) is 10.4. The third kappa shape index (κ3) is 8.22. The van der Waals surface area contributed by atoms with Crippen molar-refractivity contribution in [3.63, 3.8) is 0 Å². The molecule has 0 unspecified atom stereocenters. The average Bonchev–Trinajstić information content (AvgIpc) is 3.13. The van der Waals surface area contributed by atoms with Crippen LogP contribution in [0.15, 0.2) is 71.9 Å². The van der Waals surface area contributed by atoms with Crippen LogP contribution in [0.25, 0.3) is 0 Å². The lowest BCUT2D eigenvalue weighted by Gasteiger charge is -2.60. The number of carbonyl (C=O) groups excluding carboxylic acids is 1. The van der Waals surface area contributed by atoms with E-state index >= 15 is 0 Å². The van der Waals surface area contributed by atoms with Crippen molar-refractivity contribution in [2.45, 2.75) is 102 Å². The van der Waals surface area contributed by atoms with E-state index in [9.17, 15) is 25.4 Å². The molecule has 1 aliphatic heterocycles. The number of oxime groups is 1. The van der Waals surface area contributed by atoms with E-state index in [1.807, 2.05) is 32.6 Å². The van der Waals surface area contributed by atoms with Gasteiger partial charge in [0.2, 0.25) is 5.79 Å². The van der Waals surface area contributed by atoms with Gasteiger partial charge < -0.3 is 34.5 Å². The van der Waals surface area contributed by atoms with Crippen LogP contribution in [0, 0.1) is 29.1 Å². The van der Waals surface area contributed by atoms with Gasteiger partial charge in [-0.1, -0.05) is 37.1 Å². The highest BCUT2D eigenvalue weighted by Gasteiger charge is 2.65. The Morgan fingerprint density at radius 2 is 1.83 bits per heavy atom. The van der Waals surface area contributed by atoms with Crippen LogP contribution in [0.4, 0.5) is 0 Å². The summed E-state index contributed by atoms with van der Waals surface area (Å²) in [5, 5.41) is 44.7.